The zero-order valence-electron chi connectivity index (χ0n) is 7.77. The van der Waals surface area contributed by atoms with Crippen molar-refractivity contribution < 1.29 is 13.2 Å². The van der Waals surface area contributed by atoms with Gasteiger partial charge in [0.05, 0.1) is 0 Å². The number of hydrogen-bond acceptors (Lipinski definition) is 1. The lowest BCUT2D eigenvalue weighted by Crippen LogP contribution is -1.98. The third-order valence-corrected chi connectivity index (χ3v) is 2.43. The summed E-state index contributed by atoms with van der Waals surface area (Å²) in [4.78, 5) is 0.248. The molecule has 0 aliphatic heterocycles. The summed E-state index contributed by atoms with van der Waals surface area (Å²) in [5.74, 6) is 0. The molecule has 0 aliphatic rings. The molecule has 1 aromatic carbocycles. The molecule has 0 saturated heterocycles. The van der Waals surface area contributed by atoms with Crippen molar-refractivity contribution in [3.63, 3.8) is 0 Å². The predicted octanol–water partition coefficient (Wildman–Crippen LogP) is 4.25. The maximum Gasteiger partial charge on any atom is 0.446 e. The molecule has 0 saturated carbocycles. The van der Waals surface area contributed by atoms with Gasteiger partial charge in [0.2, 0.25) is 0 Å². The number of rotatable bonds is 3. The van der Waals surface area contributed by atoms with E-state index in [4.69, 9.17) is 0 Å². The molecule has 78 valence electrons. The van der Waals surface area contributed by atoms with Crippen molar-refractivity contribution in [2.75, 3.05) is 0 Å². The Morgan fingerprint density at radius 3 is 2.14 bits per heavy atom. The third-order valence-electron chi connectivity index (χ3n) is 1.70. The predicted molar refractivity (Wildman–Crippen MR) is 52.3 cm³/mol. The van der Waals surface area contributed by atoms with Crippen molar-refractivity contribution in [1.29, 1.82) is 0 Å². The van der Waals surface area contributed by atoms with Crippen LogP contribution in [0, 0.1) is 0 Å². The standard InChI is InChI=1S/C10H11F3S/c1-2-3-8-4-6-9(7-5-8)14-10(11,12)13/h4-7H,2-3H2,1H3. The van der Waals surface area contributed by atoms with Gasteiger partial charge >= 0.3 is 5.51 Å². The summed E-state index contributed by atoms with van der Waals surface area (Å²) in [5, 5.41) is 0. The average molecular weight is 220 g/mol. The van der Waals surface area contributed by atoms with Crippen LogP contribution >= 0.6 is 11.8 Å². The molecule has 0 atom stereocenters. The van der Waals surface area contributed by atoms with E-state index in [1.807, 2.05) is 6.92 Å². The lowest BCUT2D eigenvalue weighted by Gasteiger charge is -2.05. The molecular weight excluding hydrogens is 209 g/mol. The Kier molecular flexibility index (Phi) is 3.86. The SMILES string of the molecule is CCCc1ccc(SC(F)(F)F)cc1. The second-order valence-electron chi connectivity index (χ2n) is 2.94. The smallest absolute Gasteiger partial charge is 0.160 e. The van der Waals surface area contributed by atoms with E-state index in [0.717, 1.165) is 18.4 Å². The van der Waals surface area contributed by atoms with Gasteiger partial charge in [-0.15, -0.1) is 0 Å². The molecule has 0 N–H and O–H groups in total. The molecular formula is C10H11F3S. The number of benzene rings is 1. The van der Waals surface area contributed by atoms with Gasteiger partial charge in [-0.05, 0) is 35.9 Å². The van der Waals surface area contributed by atoms with Gasteiger partial charge in [-0.3, -0.25) is 0 Å². The molecule has 0 radical (unpaired) electrons. The van der Waals surface area contributed by atoms with Crippen molar-refractivity contribution >= 4 is 11.8 Å². The van der Waals surface area contributed by atoms with E-state index < -0.39 is 5.51 Å². The van der Waals surface area contributed by atoms with Crippen LogP contribution in [-0.4, -0.2) is 5.51 Å². The van der Waals surface area contributed by atoms with Crippen LogP contribution in [0.1, 0.15) is 18.9 Å². The minimum absolute atomic E-state index is 0.0725. The number of alkyl halides is 3. The number of halogens is 3. The minimum atomic E-state index is -4.19. The van der Waals surface area contributed by atoms with Crippen LogP contribution in [0.25, 0.3) is 0 Å². The Hall–Kier alpha value is -0.640. The van der Waals surface area contributed by atoms with Gasteiger partial charge in [0.25, 0.3) is 0 Å². The topological polar surface area (TPSA) is 0 Å². The molecule has 0 heterocycles. The fraction of sp³-hybridized carbons (Fsp3) is 0.400. The highest BCUT2D eigenvalue weighted by Gasteiger charge is 2.28. The summed E-state index contributed by atoms with van der Waals surface area (Å²) < 4.78 is 35.9. The Morgan fingerprint density at radius 1 is 1.14 bits per heavy atom. The maximum absolute atomic E-state index is 12.0. The first-order valence-corrected chi connectivity index (χ1v) is 5.17. The van der Waals surface area contributed by atoms with Crippen molar-refractivity contribution in [3.05, 3.63) is 29.8 Å². The third kappa shape index (κ3) is 4.05. The first kappa shape index (κ1) is 11.4. The summed E-state index contributed by atoms with van der Waals surface area (Å²) in [6.07, 6.45) is 1.92. The number of hydrogen-bond donors (Lipinski definition) is 0. The normalized spacial score (nSPS) is 11.7. The van der Waals surface area contributed by atoms with Crippen LogP contribution < -0.4 is 0 Å². The highest BCUT2D eigenvalue weighted by atomic mass is 32.2. The van der Waals surface area contributed by atoms with Gasteiger partial charge in [0.1, 0.15) is 0 Å². The fourth-order valence-electron chi connectivity index (χ4n) is 1.15. The largest absolute Gasteiger partial charge is 0.446 e. The van der Waals surface area contributed by atoms with Crippen molar-refractivity contribution in [2.45, 2.75) is 30.2 Å². The molecule has 1 aromatic rings. The lowest BCUT2D eigenvalue weighted by molar-refractivity contribution is -0.0328. The summed E-state index contributed by atoms with van der Waals surface area (Å²) in [5.41, 5.74) is -3.11. The summed E-state index contributed by atoms with van der Waals surface area (Å²) in [6.45, 7) is 2.04. The molecule has 1 rings (SSSR count). The van der Waals surface area contributed by atoms with E-state index in [-0.39, 0.29) is 16.7 Å². The van der Waals surface area contributed by atoms with E-state index in [1.54, 1.807) is 12.1 Å². The van der Waals surface area contributed by atoms with Gasteiger partial charge in [-0.1, -0.05) is 25.5 Å². The maximum atomic E-state index is 12.0. The fourth-order valence-corrected chi connectivity index (χ4v) is 1.69. The van der Waals surface area contributed by atoms with E-state index >= 15 is 0 Å². The van der Waals surface area contributed by atoms with Crippen LogP contribution in [0.5, 0.6) is 0 Å². The molecule has 4 heteroatoms. The zero-order valence-corrected chi connectivity index (χ0v) is 8.58. The first-order valence-electron chi connectivity index (χ1n) is 4.36. The molecule has 0 aromatic heterocycles. The number of aryl methyl sites for hydroxylation is 1. The monoisotopic (exact) mass is 220 g/mol. The van der Waals surface area contributed by atoms with E-state index in [2.05, 4.69) is 0 Å². The molecule has 0 fully saturated rings. The van der Waals surface area contributed by atoms with Crippen LogP contribution in [0.15, 0.2) is 29.2 Å². The second kappa shape index (κ2) is 4.73. The van der Waals surface area contributed by atoms with Gasteiger partial charge in [-0.25, -0.2) is 0 Å². The van der Waals surface area contributed by atoms with Crippen LogP contribution in [-0.2, 0) is 6.42 Å². The highest BCUT2D eigenvalue weighted by molar-refractivity contribution is 8.00. The summed E-state index contributed by atoms with van der Waals surface area (Å²) in [6, 6.07) is 6.53. The Balaban J connectivity index is 2.64. The average Bonchev–Trinajstić information content (AvgIpc) is 2.06. The molecule has 0 amide bonds. The molecule has 14 heavy (non-hydrogen) atoms. The molecule has 0 spiro atoms. The Labute approximate surface area is 85.5 Å². The van der Waals surface area contributed by atoms with Crippen LogP contribution in [0.3, 0.4) is 0 Å². The molecule has 0 bridgehead atoms. The zero-order chi connectivity index (χ0) is 10.6. The summed E-state index contributed by atoms with van der Waals surface area (Å²) >= 11 is -0.0725. The van der Waals surface area contributed by atoms with E-state index in [0.29, 0.717) is 0 Å². The van der Waals surface area contributed by atoms with Gasteiger partial charge in [0, 0.05) is 4.90 Å². The van der Waals surface area contributed by atoms with Crippen molar-refractivity contribution in [2.24, 2.45) is 0 Å². The highest BCUT2D eigenvalue weighted by Crippen LogP contribution is 2.36. The van der Waals surface area contributed by atoms with E-state index in [1.165, 1.54) is 12.1 Å². The van der Waals surface area contributed by atoms with E-state index in [9.17, 15) is 13.2 Å². The Bertz CT molecular complexity index is 276. The minimum Gasteiger partial charge on any atom is -0.160 e. The molecule has 0 nitrogen and oxygen atoms in total. The van der Waals surface area contributed by atoms with Gasteiger partial charge in [-0.2, -0.15) is 13.2 Å². The summed E-state index contributed by atoms with van der Waals surface area (Å²) in [7, 11) is 0. The van der Waals surface area contributed by atoms with Gasteiger partial charge in [0.15, 0.2) is 0 Å². The molecule has 0 aliphatic carbocycles. The number of thioether (sulfide) groups is 1. The second-order valence-corrected chi connectivity index (χ2v) is 4.08. The van der Waals surface area contributed by atoms with Crippen molar-refractivity contribution in [3.8, 4) is 0 Å². The van der Waals surface area contributed by atoms with Crippen LogP contribution in [0.4, 0.5) is 13.2 Å². The lowest BCUT2D eigenvalue weighted by atomic mass is 10.1. The first-order chi connectivity index (χ1) is 6.51. The van der Waals surface area contributed by atoms with Crippen molar-refractivity contribution in [1.82, 2.24) is 0 Å². The Morgan fingerprint density at radius 2 is 1.71 bits per heavy atom. The van der Waals surface area contributed by atoms with Crippen LogP contribution in [0.2, 0.25) is 0 Å². The van der Waals surface area contributed by atoms with Gasteiger partial charge < -0.3 is 0 Å². The quantitative estimate of drug-likeness (QED) is 0.686. The molecule has 0 unspecified atom stereocenters.